The minimum Gasteiger partial charge on any atom is -0.421 e. The molecule has 0 unspecified atom stereocenters. The Balaban J connectivity index is 2.71. The van der Waals surface area contributed by atoms with E-state index in [4.69, 9.17) is 16.3 Å². The molecule has 0 radical (unpaired) electrons. The van der Waals surface area contributed by atoms with Crippen molar-refractivity contribution in [3.05, 3.63) is 47.5 Å². The summed E-state index contributed by atoms with van der Waals surface area (Å²) in [6.07, 6.45) is -11.0. The van der Waals surface area contributed by atoms with Crippen LogP contribution in [0.2, 0.25) is 5.02 Å². The third-order valence-corrected chi connectivity index (χ3v) is 3.01. The number of ether oxygens (including phenoxy) is 1. The molecule has 0 saturated heterocycles. The number of rotatable bonds is 2. The van der Waals surface area contributed by atoms with Gasteiger partial charge < -0.3 is 4.74 Å². The Morgan fingerprint density at radius 1 is 1.09 bits per heavy atom. The van der Waals surface area contributed by atoms with Gasteiger partial charge in [-0.3, -0.25) is 0 Å². The highest BCUT2D eigenvalue weighted by molar-refractivity contribution is 6.31. The lowest BCUT2D eigenvalue weighted by Crippen LogP contribution is -2.56. The molecular weight excluding hydrogens is 350 g/mol. The number of aliphatic imine (C=N–C) groups is 2. The Labute approximate surface area is 130 Å². The number of alkyl halides is 6. The number of benzene rings is 1. The Morgan fingerprint density at radius 2 is 1.70 bits per heavy atom. The number of hydrogen-bond donors (Lipinski definition) is 0. The second-order valence-electron chi connectivity index (χ2n) is 4.35. The zero-order valence-corrected chi connectivity index (χ0v) is 11.8. The molecule has 0 aliphatic carbocycles. The monoisotopic (exact) mass is 356 g/mol. The fraction of sp³-hybridized carbons (Fsp3) is 0.231. The quantitative estimate of drug-likeness (QED) is 0.717. The minimum absolute atomic E-state index is 0.0843. The van der Waals surface area contributed by atoms with Crippen molar-refractivity contribution in [3.63, 3.8) is 0 Å². The smallest absolute Gasteiger partial charge is 0.421 e. The van der Waals surface area contributed by atoms with Crippen LogP contribution in [0.5, 0.6) is 0 Å². The summed E-state index contributed by atoms with van der Waals surface area (Å²) in [4.78, 5) is 5.29. The van der Waals surface area contributed by atoms with E-state index in [1.165, 1.54) is 18.2 Å². The molecule has 1 aromatic carbocycles. The molecule has 1 aromatic rings. The molecule has 1 aliphatic rings. The fourth-order valence-electron chi connectivity index (χ4n) is 1.72. The summed E-state index contributed by atoms with van der Waals surface area (Å²) in [5.74, 6) is -1.86. The van der Waals surface area contributed by atoms with Gasteiger partial charge in [-0.15, -0.1) is 0 Å². The lowest BCUT2D eigenvalue weighted by molar-refractivity contribution is -0.293. The van der Waals surface area contributed by atoms with Crippen LogP contribution < -0.4 is 0 Å². The van der Waals surface area contributed by atoms with E-state index in [1.54, 1.807) is 0 Å². The molecule has 0 spiro atoms. The van der Waals surface area contributed by atoms with Crippen LogP contribution in [0.1, 0.15) is 5.56 Å². The van der Waals surface area contributed by atoms with Crippen molar-refractivity contribution in [3.8, 4) is 0 Å². The summed E-state index contributed by atoms with van der Waals surface area (Å²) < 4.78 is 83.6. The van der Waals surface area contributed by atoms with E-state index in [-0.39, 0.29) is 10.6 Å². The molecule has 1 heterocycles. The molecule has 0 amide bonds. The topological polar surface area (TPSA) is 34.0 Å². The Morgan fingerprint density at radius 3 is 2.17 bits per heavy atom. The van der Waals surface area contributed by atoms with Gasteiger partial charge in [-0.1, -0.05) is 24.2 Å². The van der Waals surface area contributed by atoms with E-state index >= 15 is 0 Å². The molecule has 0 saturated carbocycles. The Bertz CT molecular complexity index is 678. The van der Waals surface area contributed by atoms with E-state index in [0.717, 1.165) is 6.07 Å². The van der Waals surface area contributed by atoms with Gasteiger partial charge in [-0.05, 0) is 24.3 Å². The van der Waals surface area contributed by atoms with E-state index in [2.05, 4.69) is 16.6 Å². The average molecular weight is 357 g/mol. The van der Waals surface area contributed by atoms with E-state index in [0.29, 0.717) is 6.08 Å². The number of hydrogen-bond acceptors (Lipinski definition) is 3. The predicted octanol–water partition coefficient (Wildman–Crippen LogP) is 4.52. The zero-order chi connectivity index (χ0) is 17.5. The highest BCUT2D eigenvalue weighted by atomic mass is 35.5. The van der Waals surface area contributed by atoms with Gasteiger partial charge >= 0.3 is 18.0 Å². The molecule has 3 nitrogen and oxygen atoms in total. The first kappa shape index (κ1) is 17.3. The number of halogens is 7. The first-order valence-electron chi connectivity index (χ1n) is 5.89. The van der Waals surface area contributed by atoms with Crippen molar-refractivity contribution in [2.24, 2.45) is 9.98 Å². The summed E-state index contributed by atoms with van der Waals surface area (Å²) in [6, 6.07) is 5.03. The molecule has 0 bridgehead atoms. The lowest BCUT2D eigenvalue weighted by Gasteiger charge is -2.33. The summed E-state index contributed by atoms with van der Waals surface area (Å²) in [5.41, 5.74) is -4.83. The van der Waals surface area contributed by atoms with Crippen molar-refractivity contribution >= 4 is 23.4 Å². The highest BCUT2D eigenvalue weighted by Gasteiger charge is 2.73. The van der Waals surface area contributed by atoms with Gasteiger partial charge in [0.15, 0.2) is 0 Å². The van der Waals surface area contributed by atoms with Crippen LogP contribution in [-0.2, 0) is 4.74 Å². The molecular formula is C13H7ClF6N2O. The van der Waals surface area contributed by atoms with Crippen LogP contribution in [0.3, 0.4) is 0 Å². The van der Waals surface area contributed by atoms with Crippen LogP contribution in [-0.4, -0.2) is 29.8 Å². The molecule has 0 fully saturated rings. The largest absolute Gasteiger partial charge is 0.443 e. The minimum atomic E-state index is -5.83. The first-order chi connectivity index (χ1) is 10.5. The average Bonchev–Trinajstić information content (AvgIpc) is 2.44. The van der Waals surface area contributed by atoms with Crippen LogP contribution in [0, 0.1) is 0 Å². The standard InChI is InChI=1S/C13H7ClF6N2O/c1-2-9-21-11(12(15,16)17,13(18,19)20)22-10(23-9)7-4-3-5-8(14)6-7/h2-6H,1H2. The van der Waals surface area contributed by atoms with Gasteiger partial charge in [0.1, 0.15) is 0 Å². The van der Waals surface area contributed by atoms with E-state index < -0.39 is 29.8 Å². The maximum absolute atomic E-state index is 13.1. The SMILES string of the molecule is C=CC1=NC(C(F)(F)F)(C(F)(F)F)N=C(c2cccc(Cl)c2)O1. The molecule has 0 N–H and O–H groups in total. The Hall–Kier alpha value is -2.03. The molecule has 2 rings (SSSR count). The van der Waals surface area contributed by atoms with Gasteiger partial charge in [0.05, 0.1) is 0 Å². The van der Waals surface area contributed by atoms with Gasteiger partial charge in [0.2, 0.25) is 11.8 Å². The van der Waals surface area contributed by atoms with Crippen molar-refractivity contribution < 1.29 is 31.1 Å². The van der Waals surface area contributed by atoms with Crippen LogP contribution in [0.15, 0.2) is 46.9 Å². The van der Waals surface area contributed by atoms with Crippen molar-refractivity contribution in [2.45, 2.75) is 18.0 Å². The maximum Gasteiger partial charge on any atom is 0.443 e. The van der Waals surface area contributed by atoms with Crippen molar-refractivity contribution in [1.29, 1.82) is 0 Å². The molecule has 1 aliphatic heterocycles. The summed E-state index contributed by atoms with van der Waals surface area (Å²) in [5, 5.41) is 0.0843. The summed E-state index contributed by atoms with van der Waals surface area (Å²) in [7, 11) is 0. The maximum atomic E-state index is 13.1. The molecule has 124 valence electrons. The predicted molar refractivity (Wildman–Crippen MR) is 71.5 cm³/mol. The van der Waals surface area contributed by atoms with Gasteiger partial charge in [-0.25, -0.2) is 9.98 Å². The van der Waals surface area contributed by atoms with Crippen molar-refractivity contribution in [1.82, 2.24) is 0 Å². The first-order valence-corrected chi connectivity index (χ1v) is 6.27. The molecule has 10 heteroatoms. The molecule has 0 aromatic heterocycles. The summed E-state index contributed by atoms with van der Waals surface area (Å²) >= 11 is 5.68. The van der Waals surface area contributed by atoms with Crippen LogP contribution in [0.4, 0.5) is 26.3 Å². The second kappa shape index (κ2) is 5.55. The third kappa shape index (κ3) is 3.05. The second-order valence-corrected chi connectivity index (χ2v) is 4.79. The molecule has 0 atom stereocenters. The number of nitrogens with zero attached hydrogens (tertiary/aromatic N) is 2. The highest BCUT2D eigenvalue weighted by Crippen LogP contribution is 2.48. The lowest BCUT2D eigenvalue weighted by atomic mass is 10.1. The normalized spacial score (nSPS) is 17.9. The fourth-order valence-corrected chi connectivity index (χ4v) is 1.91. The van der Waals surface area contributed by atoms with Gasteiger partial charge in [0.25, 0.3) is 0 Å². The Kier molecular flexibility index (Phi) is 4.18. The van der Waals surface area contributed by atoms with Gasteiger partial charge in [-0.2, -0.15) is 26.3 Å². The summed E-state index contributed by atoms with van der Waals surface area (Å²) in [6.45, 7) is 3.09. The van der Waals surface area contributed by atoms with Gasteiger partial charge in [0, 0.05) is 10.6 Å². The van der Waals surface area contributed by atoms with Crippen LogP contribution in [0.25, 0.3) is 0 Å². The van der Waals surface area contributed by atoms with Crippen LogP contribution >= 0.6 is 11.6 Å². The molecule has 23 heavy (non-hydrogen) atoms. The third-order valence-electron chi connectivity index (χ3n) is 2.77. The van der Waals surface area contributed by atoms with E-state index in [1.807, 2.05) is 0 Å². The van der Waals surface area contributed by atoms with Crippen molar-refractivity contribution in [2.75, 3.05) is 0 Å². The zero-order valence-electron chi connectivity index (χ0n) is 11.0. The van der Waals surface area contributed by atoms with E-state index in [9.17, 15) is 26.3 Å².